The molecule has 0 bridgehead atoms. The van der Waals surface area contributed by atoms with Crippen molar-refractivity contribution in [1.29, 1.82) is 5.41 Å². The van der Waals surface area contributed by atoms with Gasteiger partial charge in [-0.15, -0.1) is 0 Å². The van der Waals surface area contributed by atoms with E-state index in [1.54, 1.807) is 18.3 Å². The Balaban J connectivity index is 1.61. The third-order valence-electron chi connectivity index (χ3n) is 4.36. The number of para-hydroxylation sites is 1. The van der Waals surface area contributed by atoms with E-state index in [0.29, 0.717) is 16.8 Å². The zero-order valence-electron chi connectivity index (χ0n) is 16.6. The predicted molar refractivity (Wildman–Crippen MR) is 124 cm³/mol. The van der Waals surface area contributed by atoms with Crippen LogP contribution in [0.25, 0.3) is 10.9 Å². The zero-order chi connectivity index (χ0) is 22.5. The van der Waals surface area contributed by atoms with Crippen LogP contribution in [0.15, 0.2) is 47.6 Å². The largest absolute Gasteiger partial charge is 0.370 e. The minimum atomic E-state index is -0.544. The van der Waals surface area contributed by atoms with Crippen molar-refractivity contribution in [3.63, 3.8) is 0 Å². The Kier molecular flexibility index (Phi) is 6.94. The van der Waals surface area contributed by atoms with Crippen LogP contribution < -0.4 is 16.4 Å². The second kappa shape index (κ2) is 9.63. The number of carbonyl (C=O) groups is 2. The van der Waals surface area contributed by atoms with E-state index in [-0.39, 0.29) is 40.6 Å². The van der Waals surface area contributed by atoms with Gasteiger partial charge in [-0.2, -0.15) is 4.99 Å². The van der Waals surface area contributed by atoms with Crippen LogP contribution in [0, 0.1) is 5.41 Å². The number of nitrogens with zero attached hydrogens (tertiary/aromatic N) is 1. The predicted octanol–water partition coefficient (Wildman–Crippen LogP) is 3.82. The van der Waals surface area contributed by atoms with Gasteiger partial charge in [0.15, 0.2) is 5.96 Å². The van der Waals surface area contributed by atoms with Gasteiger partial charge in [0, 0.05) is 36.1 Å². The highest BCUT2D eigenvalue weighted by atomic mass is 35.5. The number of carbonyl (C=O) groups excluding carboxylic acids is 2. The third kappa shape index (κ3) is 5.62. The van der Waals surface area contributed by atoms with Crippen molar-refractivity contribution in [3.05, 3.63) is 63.8 Å². The van der Waals surface area contributed by atoms with Gasteiger partial charge in [0.25, 0.3) is 5.91 Å². The number of nitrogens with two attached hydrogens (primary N) is 1. The number of aromatic amines is 1. The molecular weight excluding hydrogens is 439 g/mol. The first-order valence-corrected chi connectivity index (χ1v) is 10.0. The van der Waals surface area contributed by atoms with Crippen LogP contribution in [0.4, 0.5) is 5.69 Å². The normalized spacial score (nSPS) is 11.4. The van der Waals surface area contributed by atoms with E-state index in [0.717, 1.165) is 10.9 Å². The van der Waals surface area contributed by atoms with E-state index < -0.39 is 5.91 Å². The van der Waals surface area contributed by atoms with E-state index in [2.05, 4.69) is 20.6 Å². The quantitative estimate of drug-likeness (QED) is 0.283. The molecule has 3 rings (SSSR count). The number of anilines is 1. The number of fused-ring (bicyclic) bond motifs is 1. The molecule has 0 aliphatic carbocycles. The standard InChI is InChI=1S/C21H20Cl2N6O2/c1-11(30)28-20-15(22)6-12(7-16(20)23)9-27-21(25)29-19(31)8-17(24)14-10-26-18-5-3-2-4-13(14)18/h2-7,10,24,26H,8-9H2,1H3,(H,28,30)(H3,25,27,29,31). The van der Waals surface area contributed by atoms with Gasteiger partial charge in [0.2, 0.25) is 5.91 Å². The summed E-state index contributed by atoms with van der Waals surface area (Å²) in [5.74, 6) is -0.921. The van der Waals surface area contributed by atoms with E-state index in [1.165, 1.54) is 6.92 Å². The van der Waals surface area contributed by atoms with Gasteiger partial charge in [0.05, 0.1) is 27.9 Å². The minimum absolute atomic E-state index is 0.0880. The Morgan fingerprint density at radius 2 is 1.87 bits per heavy atom. The Bertz CT molecular complexity index is 1180. The number of rotatable bonds is 6. The molecule has 160 valence electrons. The molecule has 6 N–H and O–H groups in total. The van der Waals surface area contributed by atoms with E-state index in [4.69, 9.17) is 34.3 Å². The average molecular weight is 459 g/mol. The van der Waals surface area contributed by atoms with Crippen LogP contribution in [0.3, 0.4) is 0 Å². The maximum absolute atomic E-state index is 12.2. The average Bonchev–Trinajstić information content (AvgIpc) is 3.13. The molecule has 3 aromatic rings. The Morgan fingerprint density at radius 3 is 2.55 bits per heavy atom. The summed E-state index contributed by atoms with van der Waals surface area (Å²) in [5, 5.41) is 15.0. The zero-order valence-corrected chi connectivity index (χ0v) is 18.1. The van der Waals surface area contributed by atoms with E-state index in [9.17, 15) is 9.59 Å². The molecule has 0 unspecified atom stereocenters. The summed E-state index contributed by atoms with van der Waals surface area (Å²) in [6.45, 7) is 1.57. The molecule has 0 aliphatic rings. The molecule has 0 aliphatic heterocycles. The summed E-state index contributed by atoms with van der Waals surface area (Å²) < 4.78 is 0. The number of H-pyrrole nitrogens is 1. The fraction of sp³-hybridized carbons (Fsp3) is 0.143. The van der Waals surface area contributed by atoms with Crippen LogP contribution in [0.1, 0.15) is 24.5 Å². The van der Waals surface area contributed by atoms with Crippen molar-refractivity contribution in [2.75, 3.05) is 5.32 Å². The summed E-state index contributed by atoms with van der Waals surface area (Å²) in [5.41, 5.74) is 8.49. The third-order valence-corrected chi connectivity index (χ3v) is 4.96. The van der Waals surface area contributed by atoms with Crippen LogP contribution >= 0.6 is 23.2 Å². The molecular formula is C21H20Cl2N6O2. The molecule has 1 aromatic heterocycles. The maximum atomic E-state index is 12.2. The van der Waals surface area contributed by atoms with Crippen LogP contribution in [-0.4, -0.2) is 28.5 Å². The first-order chi connectivity index (χ1) is 14.7. The molecule has 0 saturated heterocycles. The number of nitrogens with one attached hydrogen (secondary N) is 4. The number of aromatic nitrogens is 1. The smallest absolute Gasteiger partial charge is 0.254 e. The van der Waals surface area contributed by atoms with Gasteiger partial charge in [-0.3, -0.25) is 9.59 Å². The summed E-state index contributed by atoms with van der Waals surface area (Å²) in [4.78, 5) is 30.3. The fourth-order valence-electron chi connectivity index (χ4n) is 3.00. The first kappa shape index (κ1) is 22.3. The highest BCUT2D eigenvalue weighted by Gasteiger charge is 2.13. The van der Waals surface area contributed by atoms with Gasteiger partial charge in [-0.1, -0.05) is 41.4 Å². The lowest BCUT2D eigenvalue weighted by Crippen LogP contribution is -2.32. The van der Waals surface area contributed by atoms with Gasteiger partial charge in [0.1, 0.15) is 0 Å². The molecule has 10 heteroatoms. The lowest BCUT2D eigenvalue weighted by Gasteiger charge is -2.11. The Labute approximate surface area is 188 Å². The molecule has 1 heterocycles. The topological polar surface area (TPSA) is 136 Å². The molecule has 0 radical (unpaired) electrons. The molecule has 0 spiro atoms. The summed E-state index contributed by atoms with van der Waals surface area (Å²) in [7, 11) is 0. The van der Waals surface area contributed by atoms with Crippen molar-refractivity contribution >= 4 is 63.3 Å². The van der Waals surface area contributed by atoms with Crippen LogP contribution in [0.2, 0.25) is 10.0 Å². The molecule has 2 aromatic carbocycles. The van der Waals surface area contributed by atoms with E-state index in [1.807, 2.05) is 24.3 Å². The fourth-order valence-corrected chi connectivity index (χ4v) is 3.62. The SMILES string of the molecule is CC(=O)Nc1c(Cl)cc(CN/C(N)=N/C(=O)CC(=N)c2c[nH]c3ccccc23)cc1Cl. The van der Waals surface area contributed by atoms with Gasteiger partial charge >= 0.3 is 0 Å². The van der Waals surface area contributed by atoms with Gasteiger partial charge in [-0.05, 0) is 23.8 Å². The summed E-state index contributed by atoms with van der Waals surface area (Å²) in [6.07, 6.45) is 1.51. The molecule has 8 nitrogen and oxygen atoms in total. The van der Waals surface area contributed by atoms with E-state index >= 15 is 0 Å². The molecule has 31 heavy (non-hydrogen) atoms. The highest BCUT2D eigenvalue weighted by Crippen LogP contribution is 2.31. The number of guanidine groups is 1. The second-order valence-electron chi connectivity index (χ2n) is 6.76. The Hall–Kier alpha value is -3.36. The van der Waals surface area contributed by atoms with Crippen molar-refractivity contribution in [2.24, 2.45) is 10.7 Å². The number of halogens is 2. The summed E-state index contributed by atoms with van der Waals surface area (Å²) >= 11 is 12.3. The van der Waals surface area contributed by atoms with Crippen molar-refractivity contribution in [1.82, 2.24) is 10.3 Å². The van der Waals surface area contributed by atoms with Crippen molar-refractivity contribution < 1.29 is 9.59 Å². The molecule has 0 atom stereocenters. The van der Waals surface area contributed by atoms with Gasteiger partial charge < -0.3 is 26.8 Å². The number of hydrogen-bond acceptors (Lipinski definition) is 3. The number of aliphatic imine (C=N–C) groups is 1. The first-order valence-electron chi connectivity index (χ1n) is 9.25. The number of amides is 2. The molecule has 0 fully saturated rings. The number of hydrogen-bond donors (Lipinski definition) is 5. The molecule has 2 amide bonds. The maximum Gasteiger partial charge on any atom is 0.254 e. The summed E-state index contributed by atoms with van der Waals surface area (Å²) in [6, 6.07) is 10.8. The number of benzene rings is 2. The Morgan fingerprint density at radius 1 is 1.19 bits per heavy atom. The van der Waals surface area contributed by atoms with Crippen LogP contribution in [0.5, 0.6) is 0 Å². The monoisotopic (exact) mass is 458 g/mol. The van der Waals surface area contributed by atoms with Crippen LogP contribution in [-0.2, 0) is 16.1 Å². The minimum Gasteiger partial charge on any atom is -0.370 e. The van der Waals surface area contributed by atoms with Gasteiger partial charge in [-0.25, -0.2) is 0 Å². The molecule has 0 saturated carbocycles. The van der Waals surface area contributed by atoms with Crippen molar-refractivity contribution in [2.45, 2.75) is 19.9 Å². The van der Waals surface area contributed by atoms with Crippen molar-refractivity contribution in [3.8, 4) is 0 Å². The lowest BCUT2D eigenvalue weighted by molar-refractivity contribution is -0.116. The lowest BCUT2D eigenvalue weighted by atomic mass is 10.1. The second-order valence-corrected chi connectivity index (χ2v) is 7.58. The highest BCUT2D eigenvalue weighted by molar-refractivity contribution is 6.39.